The van der Waals surface area contributed by atoms with Crippen molar-refractivity contribution in [2.24, 2.45) is 0 Å². The summed E-state index contributed by atoms with van der Waals surface area (Å²) >= 11 is 6.55. The predicted molar refractivity (Wildman–Crippen MR) is 102 cm³/mol. The summed E-state index contributed by atoms with van der Waals surface area (Å²) in [6.45, 7) is 1.30. The monoisotopic (exact) mass is 367 g/mol. The number of nitrogens with one attached hydrogen (secondary N) is 1. The van der Waals surface area contributed by atoms with Gasteiger partial charge in [-0.15, -0.1) is 0 Å². The van der Waals surface area contributed by atoms with Crippen LogP contribution in [0.15, 0.2) is 48.8 Å². The number of amides is 1. The molecule has 6 heteroatoms. The van der Waals surface area contributed by atoms with E-state index in [9.17, 15) is 4.79 Å². The molecule has 0 unspecified atom stereocenters. The first-order valence-corrected chi connectivity index (χ1v) is 8.77. The number of carbonyl (C=O) groups excluding carboxylic acids is 1. The van der Waals surface area contributed by atoms with E-state index in [1.165, 1.54) is 0 Å². The maximum absolute atomic E-state index is 11.6. The fourth-order valence-electron chi connectivity index (χ4n) is 3.25. The summed E-state index contributed by atoms with van der Waals surface area (Å²) in [5.41, 5.74) is 5.81. The van der Waals surface area contributed by atoms with Crippen molar-refractivity contribution >= 4 is 23.2 Å². The lowest BCUT2D eigenvalue weighted by Crippen LogP contribution is -2.03. The van der Waals surface area contributed by atoms with Gasteiger partial charge >= 0.3 is 0 Å². The number of halogens is 1. The van der Waals surface area contributed by atoms with Gasteiger partial charge in [0.1, 0.15) is 0 Å². The number of anilines is 1. The van der Waals surface area contributed by atoms with E-state index in [0.717, 1.165) is 33.5 Å². The van der Waals surface area contributed by atoms with Crippen LogP contribution < -0.4 is 5.32 Å². The first-order chi connectivity index (χ1) is 12.7. The average molecular weight is 368 g/mol. The minimum atomic E-state index is 0.0240. The molecule has 0 radical (unpaired) electrons. The molecule has 0 fully saturated rings. The Kier molecular flexibility index (Phi) is 4.49. The van der Waals surface area contributed by atoms with Gasteiger partial charge in [-0.2, -0.15) is 5.10 Å². The third-order valence-corrected chi connectivity index (χ3v) is 4.82. The standard InChI is InChI=1S/C20H18ClN3O2/c1-26-8-7-24-12-15(11-22-24)16-3-2-4-17(21)20(16)13-5-6-18-14(9-13)10-19(25)23-18/h2-6,9,11-12H,7-8,10H2,1H3,(H,23,25). The lowest BCUT2D eigenvalue weighted by atomic mass is 9.94. The predicted octanol–water partition coefficient (Wildman–Crippen LogP) is 4.01. The summed E-state index contributed by atoms with van der Waals surface area (Å²) in [7, 11) is 1.67. The Bertz CT molecular complexity index is 981. The van der Waals surface area contributed by atoms with Gasteiger partial charge in [-0.3, -0.25) is 9.48 Å². The number of nitrogens with zero attached hydrogens (tertiary/aromatic N) is 2. The minimum Gasteiger partial charge on any atom is -0.383 e. The van der Waals surface area contributed by atoms with Crippen molar-refractivity contribution in [3.63, 3.8) is 0 Å². The molecule has 0 spiro atoms. The van der Waals surface area contributed by atoms with Crippen molar-refractivity contribution in [1.29, 1.82) is 0 Å². The molecule has 2 heterocycles. The summed E-state index contributed by atoms with van der Waals surface area (Å²) in [4.78, 5) is 11.6. The third kappa shape index (κ3) is 3.11. The van der Waals surface area contributed by atoms with Gasteiger partial charge in [0.05, 0.1) is 25.8 Å². The van der Waals surface area contributed by atoms with Gasteiger partial charge in [0.2, 0.25) is 5.91 Å². The second-order valence-corrected chi connectivity index (χ2v) is 6.65. The van der Waals surface area contributed by atoms with E-state index in [4.69, 9.17) is 16.3 Å². The molecule has 0 bridgehead atoms. The van der Waals surface area contributed by atoms with Crippen molar-refractivity contribution in [3.05, 3.63) is 59.4 Å². The Hall–Kier alpha value is -2.63. The van der Waals surface area contributed by atoms with E-state index < -0.39 is 0 Å². The third-order valence-electron chi connectivity index (χ3n) is 4.50. The molecular formula is C20H18ClN3O2. The number of aromatic nitrogens is 2. The summed E-state index contributed by atoms with van der Waals surface area (Å²) < 4.78 is 6.96. The molecule has 0 saturated carbocycles. The van der Waals surface area contributed by atoms with Gasteiger partial charge in [0.25, 0.3) is 0 Å². The number of hydrogen-bond acceptors (Lipinski definition) is 3. The van der Waals surface area contributed by atoms with Crippen molar-refractivity contribution in [1.82, 2.24) is 9.78 Å². The Morgan fingerprint density at radius 1 is 1.27 bits per heavy atom. The molecule has 0 atom stereocenters. The van der Waals surface area contributed by atoms with Gasteiger partial charge in [0.15, 0.2) is 0 Å². The van der Waals surface area contributed by atoms with Crippen molar-refractivity contribution in [3.8, 4) is 22.3 Å². The fourth-order valence-corrected chi connectivity index (χ4v) is 3.54. The Morgan fingerprint density at radius 2 is 2.15 bits per heavy atom. The number of fused-ring (bicyclic) bond motifs is 1. The Morgan fingerprint density at radius 3 is 3.00 bits per heavy atom. The maximum atomic E-state index is 11.6. The highest BCUT2D eigenvalue weighted by atomic mass is 35.5. The van der Waals surface area contributed by atoms with Gasteiger partial charge in [-0.25, -0.2) is 0 Å². The number of carbonyl (C=O) groups is 1. The van der Waals surface area contributed by atoms with Crippen LogP contribution >= 0.6 is 11.6 Å². The number of methoxy groups -OCH3 is 1. The summed E-state index contributed by atoms with van der Waals surface area (Å²) in [5.74, 6) is 0.0240. The van der Waals surface area contributed by atoms with E-state index >= 15 is 0 Å². The van der Waals surface area contributed by atoms with E-state index in [1.807, 2.05) is 53.5 Å². The minimum absolute atomic E-state index is 0.0240. The van der Waals surface area contributed by atoms with E-state index in [2.05, 4.69) is 10.4 Å². The van der Waals surface area contributed by atoms with E-state index in [0.29, 0.717) is 24.6 Å². The molecule has 1 amide bonds. The molecule has 1 aromatic heterocycles. The molecule has 1 aliphatic heterocycles. The van der Waals surface area contributed by atoms with Crippen molar-refractivity contribution in [2.75, 3.05) is 19.0 Å². The highest BCUT2D eigenvalue weighted by molar-refractivity contribution is 6.34. The zero-order valence-corrected chi connectivity index (χ0v) is 15.1. The quantitative estimate of drug-likeness (QED) is 0.741. The second-order valence-electron chi connectivity index (χ2n) is 6.24. The SMILES string of the molecule is COCCn1cc(-c2cccc(Cl)c2-c2ccc3c(c2)CC(=O)N3)cn1. The first kappa shape index (κ1) is 16.8. The zero-order valence-electron chi connectivity index (χ0n) is 14.3. The summed E-state index contributed by atoms with van der Waals surface area (Å²) in [6, 6.07) is 11.8. The highest BCUT2D eigenvalue weighted by Crippen LogP contribution is 2.39. The van der Waals surface area contributed by atoms with Crippen molar-refractivity contribution in [2.45, 2.75) is 13.0 Å². The van der Waals surface area contributed by atoms with Crippen LogP contribution in [0.3, 0.4) is 0 Å². The van der Waals surface area contributed by atoms with E-state index in [-0.39, 0.29) is 5.91 Å². The molecule has 0 aliphatic carbocycles. The molecule has 0 saturated heterocycles. The molecule has 4 rings (SSSR count). The molecule has 3 aromatic rings. The Balaban J connectivity index is 1.77. The van der Waals surface area contributed by atoms with Crippen molar-refractivity contribution < 1.29 is 9.53 Å². The Labute approximate surface area is 156 Å². The highest BCUT2D eigenvalue weighted by Gasteiger charge is 2.20. The van der Waals surface area contributed by atoms with Gasteiger partial charge in [-0.05, 0) is 34.9 Å². The normalized spacial score (nSPS) is 12.9. The van der Waals surface area contributed by atoms with Crippen LogP contribution in [0.25, 0.3) is 22.3 Å². The van der Waals surface area contributed by atoms with Gasteiger partial charge in [0, 0.05) is 35.1 Å². The van der Waals surface area contributed by atoms with Crippen LogP contribution in [-0.4, -0.2) is 29.4 Å². The lowest BCUT2D eigenvalue weighted by molar-refractivity contribution is -0.115. The molecule has 1 aliphatic rings. The van der Waals surface area contributed by atoms with Gasteiger partial charge in [-0.1, -0.05) is 29.8 Å². The van der Waals surface area contributed by atoms with E-state index in [1.54, 1.807) is 7.11 Å². The molecular weight excluding hydrogens is 350 g/mol. The van der Waals surface area contributed by atoms with Crippen LogP contribution in [-0.2, 0) is 22.5 Å². The summed E-state index contributed by atoms with van der Waals surface area (Å²) in [5, 5.41) is 7.93. The molecule has 132 valence electrons. The number of rotatable bonds is 5. The van der Waals surface area contributed by atoms with Gasteiger partial charge < -0.3 is 10.1 Å². The van der Waals surface area contributed by atoms with Crippen LogP contribution in [0, 0.1) is 0 Å². The largest absolute Gasteiger partial charge is 0.383 e. The zero-order chi connectivity index (χ0) is 18.1. The van der Waals surface area contributed by atoms with Crippen LogP contribution in [0.1, 0.15) is 5.56 Å². The smallest absolute Gasteiger partial charge is 0.228 e. The molecule has 5 nitrogen and oxygen atoms in total. The number of hydrogen-bond donors (Lipinski definition) is 1. The fraction of sp³-hybridized carbons (Fsp3) is 0.200. The van der Waals surface area contributed by atoms with Crippen LogP contribution in [0.2, 0.25) is 5.02 Å². The number of benzene rings is 2. The lowest BCUT2D eigenvalue weighted by Gasteiger charge is -2.12. The first-order valence-electron chi connectivity index (χ1n) is 8.39. The van der Waals surface area contributed by atoms with Crippen LogP contribution in [0.4, 0.5) is 5.69 Å². The summed E-state index contributed by atoms with van der Waals surface area (Å²) in [6.07, 6.45) is 4.23. The maximum Gasteiger partial charge on any atom is 0.228 e. The molecule has 1 N–H and O–H groups in total. The number of ether oxygens (including phenoxy) is 1. The molecule has 2 aromatic carbocycles. The second kappa shape index (κ2) is 6.94. The topological polar surface area (TPSA) is 56.1 Å². The average Bonchev–Trinajstić information content (AvgIpc) is 3.24. The van der Waals surface area contributed by atoms with Crippen LogP contribution in [0.5, 0.6) is 0 Å². The molecule has 26 heavy (non-hydrogen) atoms.